The lowest BCUT2D eigenvalue weighted by molar-refractivity contribution is -0.128. The molecule has 0 unspecified atom stereocenters. The summed E-state index contributed by atoms with van der Waals surface area (Å²) in [4.78, 5) is 45.3. The lowest BCUT2D eigenvalue weighted by atomic mass is 9.95. The third-order valence-corrected chi connectivity index (χ3v) is 11.1. The zero-order chi connectivity index (χ0) is 36.0. The highest BCUT2D eigenvalue weighted by Gasteiger charge is 2.49. The van der Waals surface area contributed by atoms with Gasteiger partial charge in [-0.1, -0.05) is 23.7 Å². The summed E-state index contributed by atoms with van der Waals surface area (Å²) in [6.07, 6.45) is 9.46. The van der Waals surface area contributed by atoms with Crippen LogP contribution in [0.5, 0.6) is 6.01 Å². The Hall–Kier alpha value is -4.80. The Morgan fingerprint density at radius 1 is 1.15 bits per heavy atom. The van der Waals surface area contributed by atoms with Crippen molar-refractivity contribution in [2.75, 3.05) is 50.8 Å². The third kappa shape index (κ3) is 6.54. The molecule has 1 aromatic carbocycles. The first-order chi connectivity index (χ1) is 25.2. The quantitative estimate of drug-likeness (QED) is 0.150. The van der Waals surface area contributed by atoms with Crippen molar-refractivity contribution in [2.45, 2.75) is 62.7 Å². The van der Waals surface area contributed by atoms with E-state index in [1.54, 1.807) is 42.4 Å². The number of aromatic nitrogens is 5. The van der Waals surface area contributed by atoms with E-state index in [1.807, 2.05) is 17.0 Å². The molecule has 8 rings (SSSR count). The molecule has 3 atom stereocenters. The van der Waals surface area contributed by atoms with Crippen molar-refractivity contribution >= 4 is 40.3 Å². The summed E-state index contributed by atoms with van der Waals surface area (Å²) < 4.78 is 37.7. The smallest absolute Gasteiger partial charge is 0.319 e. The van der Waals surface area contributed by atoms with Crippen molar-refractivity contribution < 1.29 is 18.3 Å². The van der Waals surface area contributed by atoms with Gasteiger partial charge in [0.25, 0.3) is 0 Å². The van der Waals surface area contributed by atoms with E-state index < -0.39 is 23.6 Å². The Morgan fingerprint density at radius 3 is 2.83 bits per heavy atom. The molecule has 0 spiro atoms. The molecule has 4 aliphatic rings. The zero-order valence-corrected chi connectivity index (χ0v) is 29.6. The van der Waals surface area contributed by atoms with E-state index >= 15 is 4.39 Å². The number of fused-ring (bicyclic) bond motifs is 2. The van der Waals surface area contributed by atoms with Gasteiger partial charge in [0.1, 0.15) is 41.7 Å². The normalized spacial score (nSPS) is 23.4. The molecule has 4 aromatic rings. The fourth-order valence-electron chi connectivity index (χ4n) is 8.11. The molecular formula is C38H38ClF2N9O2. The minimum absolute atomic E-state index is 0.0149. The van der Waals surface area contributed by atoms with E-state index in [0.717, 1.165) is 37.8 Å². The number of hydrogen-bond acceptors (Lipinski definition) is 9. The van der Waals surface area contributed by atoms with E-state index in [-0.39, 0.29) is 48.7 Å². The number of anilines is 1. The van der Waals surface area contributed by atoms with Crippen LogP contribution < -0.4 is 9.64 Å². The van der Waals surface area contributed by atoms with Crippen LogP contribution >= 0.6 is 11.6 Å². The SMILES string of the molecule is [C-]#[N+]C[C@H]1CN(c2nc(OC[C@@]34CCCN3C[C@H](F)C4)nc3c(F)c(-c4cccc(Cl)c4C4CC4)ncc23)CCN1C(=O)/C=C/c1ccnc(C)n1. The Balaban J connectivity index is 1.15. The number of piperazine rings is 1. The fourth-order valence-corrected chi connectivity index (χ4v) is 8.44. The molecule has 11 nitrogen and oxygen atoms in total. The molecule has 3 aliphatic heterocycles. The first-order valence-electron chi connectivity index (χ1n) is 17.8. The standard InChI is InChI=1S/C38H38ClF2N9O2/c1-23-43-13-11-26(45-23)9-10-31(51)50-16-15-48(21-27(50)18-42-2)36-29-19-44-34(28-5-3-6-30(39)32(28)24-7-8-24)33(41)35(29)46-37(47-36)52-22-38-12-4-14-49(38)20-25(40)17-38/h3,5-6,9-11,13,19,24-25,27H,4,7-8,12,14-18,20-22H2,1H3/b10-9+/t25-,27+,38+/m1/s1. The minimum Gasteiger partial charge on any atom is -0.461 e. The van der Waals surface area contributed by atoms with E-state index in [0.29, 0.717) is 59.4 Å². The molecule has 1 amide bonds. The van der Waals surface area contributed by atoms with Crippen LogP contribution in [0.15, 0.2) is 42.7 Å². The predicted octanol–water partition coefficient (Wildman–Crippen LogP) is 6.07. The Bertz CT molecular complexity index is 2110. The van der Waals surface area contributed by atoms with Gasteiger partial charge in [0.2, 0.25) is 12.5 Å². The minimum atomic E-state index is -0.931. The maximum atomic E-state index is 16.9. The molecule has 0 bridgehead atoms. The van der Waals surface area contributed by atoms with Crippen LogP contribution in [-0.2, 0) is 4.79 Å². The molecule has 3 saturated heterocycles. The summed E-state index contributed by atoms with van der Waals surface area (Å²) in [6, 6.07) is 6.68. The predicted molar refractivity (Wildman–Crippen MR) is 193 cm³/mol. The number of hydrogen-bond donors (Lipinski definition) is 0. The average Bonchev–Trinajstić information content (AvgIpc) is 3.82. The molecule has 6 heterocycles. The number of amides is 1. The van der Waals surface area contributed by atoms with E-state index in [9.17, 15) is 9.18 Å². The van der Waals surface area contributed by atoms with Crippen LogP contribution in [0.1, 0.15) is 55.1 Å². The van der Waals surface area contributed by atoms with Crippen LogP contribution in [0.25, 0.3) is 33.1 Å². The molecule has 52 heavy (non-hydrogen) atoms. The molecule has 4 fully saturated rings. The summed E-state index contributed by atoms with van der Waals surface area (Å²) in [5, 5.41) is 0.964. The highest BCUT2D eigenvalue weighted by Crippen LogP contribution is 2.48. The van der Waals surface area contributed by atoms with Gasteiger partial charge < -0.3 is 19.4 Å². The summed E-state index contributed by atoms with van der Waals surface area (Å²) in [6.45, 7) is 11.8. The summed E-state index contributed by atoms with van der Waals surface area (Å²) >= 11 is 6.63. The molecule has 268 valence electrons. The van der Waals surface area contributed by atoms with Crippen molar-refractivity contribution in [3.05, 3.63) is 82.1 Å². The topological polar surface area (TPSA) is 105 Å². The number of rotatable bonds is 9. The molecule has 3 aromatic heterocycles. The number of alkyl halides is 1. The summed E-state index contributed by atoms with van der Waals surface area (Å²) in [5.74, 6) is 0.388. The van der Waals surface area contributed by atoms with Gasteiger partial charge >= 0.3 is 6.01 Å². The van der Waals surface area contributed by atoms with Crippen LogP contribution in [0.3, 0.4) is 0 Å². The van der Waals surface area contributed by atoms with Gasteiger partial charge in [0.05, 0.1) is 16.6 Å². The third-order valence-electron chi connectivity index (χ3n) is 10.7. The highest BCUT2D eigenvalue weighted by molar-refractivity contribution is 6.32. The second-order valence-corrected chi connectivity index (χ2v) is 14.6. The van der Waals surface area contributed by atoms with Crippen LogP contribution in [0.4, 0.5) is 14.6 Å². The van der Waals surface area contributed by atoms with Crippen molar-refractivity contribution in [2.24, 2.45) is 0 Å². The number of aryl methyl sites for hydroxylation is 1. The van der Waals surface area contributed by atoms with Gasteiger partial charge in [-0.2, -0.15) is 9.97 Å². The molecule has 0 radical (unpaired) electrons. The van der Waals surface area contributed by atoms with E-state index in [2.05, 4.69) is 29.7 Å². The first kappa shape index (κ1) is 34.3. The Labute approximate surface area is 305 Å². The van der Waals surface area contributed by atoms with Crippen molar-refractivity contribution in [3.8, 4) is 17.3 Å². The summed E-state index contributed by atoms with van der Waals surface area (Å²) in [7, 11) is 0. The van der Waals surface area contributed by atoms with Crippen LogP contribution in [0, 0.1) is 19.3 Å². The van der Waals surface area contributed by atoms with Gasteiger partial charge in [0.15, 0.2) is 5.82 Å². The second kappa shape index (κ2) is 14.0. The Kier molecular flexibility index (Phi) is 9.21. The lowest BCUT2D eigenvalue weighted by Gasteiger charge is -2.39. The van der Waals surface area contributed by atoms with E-state index in [1.165, 1.54) is 6.08 Å². The number of pyridine rings is 1. The maximum absolute atomic E-state index is 16.9. The fraction of sp³-hybridized carbons (Fsp3) is 0.447. The average molecular weight is 726 g/mol. The number of carbonyl (C=O) groups is 1. The molecular weight excluding hydrogens is 688 g/mol. The van der Waals surface area contributed by atoms with Crippen LogP contribution in [-0.4, -0.2) is 104 Å². The van der Waals surface area contributed by atoms with Crippen molar-refractivity contribution in [1.82, 2.24) is 34.7 Å². The highest BCUT2D eigenvalue weighted by atomic mass is 35.5. The molecule has 1 aliphatic carbocycles. The summed E-state index contributed by atoms with van der Waals surface area (Å²) in [5.41, 5.74) is 1.87. The lowest BCUT2D eigenvalue weighted by Crippen LogP contribution is -2.56. The van der Waals surface area contributed by atoms with Gasteiger partial charge in [0, 0.05) is 61.7 Å². The van der Waals surface area contributed by atoms with Gasteiger partial charge in [-0.05, 0) is 68.8 Å². The number of benzene rings is 1. The monoisotopic (exact) mass is 725 g/mol. The van der Waals surface area contributed by atoms with Crippen LogP contribution in [0.2, 0.25) is 5.02 Å². The second-order valence-electron chi connectivity index (χ2n) is 14.2. The van der Waals surface area contributed by atoms with Gasteiger partial charge in [-0.15, -0.1) is 0 Å². The number of nitrogens with zero attached hydrogens (tertiary/aromatic N) is 9. The zero-order valence-electron chi connectivity index (χ0n) is 28.8. The number of ether oxygens (including phenoxy) is 1. The maximum Gasteiger partial charge on any atom is 0.319 e. The van der Waals surface area contributed by atoms with Crippen molar-refractivity contribution in [3.63, 3.8) is 0 Å². The number of halogens is 3. The molecule has 1 saturated carbocycles. The van der Waals surface area contributed by atoms with Gasteiger partial charge in [-0.3, -0.25) is 14.7 Å². The first-order valence-corrected chi connectivity index (χ1v) is 18.1. The Morgan fingerprint density at radius 2 is 2.02 bits per heavy atom. The molecule has 0 N–H and O–H groups in total. The van der Waals surface area contributed by atoms with E-state index in [4.69, 9.17) is 27.9 Å². The van der Waals surface area contributed by atoms with Gasteiger partial charge in [-0.25, -0.2) is 25.3 Å². The molecule has 14 heteroatoms. The number of carbonyl (C=O) groups excluding carboxylic acids is 1. The van der Waals surface area contributed by atoms with Crippen molar-refractivity contribution in [1.29, 1.82) is 0 Å². The largest absolute Gasteiger partial charge is 0.461 e.